The molecule has 0 radical (unpaired) electrons. The zero-order chi connectivity index (χ0) is 20.4. The summed E-state index contributed by atoms with van der Waals surface area (Å²) < 4.78 is 14.2. The standard InChI is InChI=1S/C20H23FN4O3/c1-13-12-24(19(27)14-4-5-18(23(2)3)17(21)9-14)6-7-25(13)20(28)15-8-16(26)11-22-10-15/h4-5,8-11,13,26H,6-7,12H2,1-3H3. The lowest BCUT2D eigenvalue weighted by Gasteiger charge is -2.40. The number of nitrogens with zero attached hydrogens (tertiary/aromatic N) is 4. The summed E-state index contributed by atoms with van der Waals surface area (Å²) in [6.07, 6.45) is 2.67. The van der Waals surface area contributed by atoms with E-state index in [9.17, 15) is 19.1 Å². The van der Waals surface area contributed by atoms with Crippen LogP contribution in [0.15, 0.2) is 36.7 Å². The highest BCUT2D eigenvalue weighted by molar-refractivity contribution is 5.96. The largest absolute Gasteiger partial charge is 0.506 e. The summed E-state index contributed by atoms with van der Waals surface area (Å²) in [4.78, 5) is 34.2. The molecule has 1 unspecified atom stereocenters. The molecule has 148 valence electrons. The van der Waals surface area contributed by atoms with Crippen LogP contribution in [0.2, 0.25) is 0 Å². The van der Waals surface area contributed by atoms with Gasteiger partial charge in [0.15, 0.2) is 0 Å². The topological polar surface area (TPSA) is 77.0 Å². The van der Waals surface area contributed by atoms with E-state index in [1.165, 1.54) is 24.5 Å². The van der Waals surface area contributed by atoms with Crippen molar-refractivity contribution in [3.05, 3.63) is 53.6 Å². The maximum Gasteiger partial charge on any atom is 0.255 e. The fraction of sp³-hybridized carbons (Fsp3) is 0.350. The van der Waals surface area contributed by atoms with Gasteiger partial charge in [-0.3, -0.25) is 14.6 Å². The number of benzene rings is 1. The highest BCUT2D eigenvalue weighted by atomic mass is 19.1. The van der Waals surface area contributed by atoms with Gasteiger partial charge >= 0.3 is 0 Å². The second-order valence-electron chi connectivity index (χ2n) is 7.09. The first-order valence-electron chi connectivity index (χ1n) is 8.99. The lowest BCUT2D eigenvalue weighted by atomic mass is 10.1. The highest BCUT2D eigenvalue weighted by Crippen LogP contribution is 2.21. The SMILES string of the molecule is CC1CN(C(=O)c2ccc(N(C)C)c(F)c2)CCN1C(=O)c1cncc(O)c1. The molecule has 2 aromatic rings. The van der Waals surface area contributed by atoms with E-state index in [1.54, 1.807) is 40.9 Å². The van der Waals surface area contributed by atoms with E-state index in [4.69, 9.17) is 0 Å². The minimum atomic E-state index is -0.450. The van der Waals surface area contributed by atoms with Crippen molar-refractivity contribution < 1.29 is 19.1 Å². The maximum atomic E-state index is 14.2. The van der Waals surface area contributed by atoms with Gasteiger partial charge in [0.1, 0.15) is 11.6 Å². The van der Waals surface area contributed by atoms with Gasteiger partial charge < -0.3 is 19.8 Å². The predicted octanol–water partition coefficient (Wildman–Crippen LogP) is 1.98. The summed E-state index contributed by atoms with van der Waals surface area (Å²) in [5.41, 5.74) is 1.00. The Morgan fingerprint density at radius 1 is 1.14 bits per heavy atom. The number of hydrogen-bond acceptors (Lipinski definition) is 5. The van der Waals surface area contributed by atoms with Gasteiger partial charge in [0, 0.05) is 51.5 Å². The molecule has 0 spiro atoms. The van der Waals surface area contributed by atoms with Crippen LogP contribution in [0, 0.1) is 5.82 Å². The molecule has 0 aliphatic carbocycles. The first kappa shape index (κ1) is 19.6. The van der Waals surface area contributed by atoms with Crippen LogP contribution in [-0.4, -0.2) is 71.5 Å². The zero-order valence-corrected chi connectivity index (χ0v) is 16.1. The van der Waals surface area contributed by atoms with Gasteiger partial charge in [-0.05, 0) is 31.2 Å². The molecule has 1 aliphatic heterocycles. The molecule has 2 amide bonds. The average Bonchev–Trinajstić information content (AvgIpc) is 2.66. The van der Waals surface area contributed by atoms with Crippen molar-refractivity contribution >= 4 is 17.5 Å². The number of carbonyl (C=O) groups is 2. The number of pyridine rings is 1. The maximum absolute atomic E-state index is 14.2. The molecule has 8 heteroatoms. The van der Waals surface area contributed by atoms with Crippen molar-refractivity contribution in [1.29, 1.82) is 0 Å². The van der Waals surface area contributed by atoms with E-state index in [2.05, 4.69) is 4.98 Å². The van der Waals surface area contributed by atoms with Gasteiger partial charge in [-0.25, -0.2) is 4.39 Å². The molecule has 1 saturated heterocycles. The van der Waals surface area contributed by atoms with Crippen molar-refractivity contribution in [2.24, 2.45) is 0 Å². The number of piperazine rings is 1. The van der Waals surface area contributed by atoms with E-state index in [0.29, 0.717) is 30.9 Å². The van der Waals surface area contributed by atoms with Crippen LogP contribution in [0.3, 0.4) is 0 Å². The molecule has 1 aliphatic rings. The Labute approximate surface area is 163 Å². The molecule has 1 atom stereocenters. The van der Waals surface area contributed by atoms with Gasteiger partial charge in [-0.1, -0.05) is 0 Å². The Morgan fingerprint density at radius 3 is 2.50 bits per heavy atom. The van der Waals surface area contributed by atoms with E-state index >= 15 is 0 Å². The fourth-order valence-corrected chi connectivity index (χ4v) is 3.34. The van der Waals surface area contributed by atoms with E-state index in [-0.39, 0.29) is 29.2 Å². The predicted molar refractivity (Wildman–Crippen MR) is 103 cm³/mol. The molecule has 0 bridgehead atoms. The van der Waals surface area contributed by atoms with Gasteiger partial charge in [0.2, 0.25) is 0 Å². The lowest BCUT2D eigenvalue weighted by Crippen LogP contribution is -2.55. The summed E-state index contributed by atoms with van der Waals surface area (Å²) in [6, 6.07) is 5.59. The van der Waals surface area contributed by atoms with Crippen LogP contribution in [0.25, 0.3) is 0 Å². The number of aromatic hydroxyl groups is 1. The second kappa shape index (κ2) is 7.84. The van der Waals surface area contributed by atoms with E-state index in [0.717, 1.165) is 0 Å². The Balaban J connectivity index is 1.70. The Morgan fingerprint density at radius 2 is 1.89 bits per heavy atom. The Hall–Kier alpha value is -3.16. The van der Waals surface area contributed by atoms with Crippen molar-refractivity contribution in [3.8, 4) is 5.75 Å². The van der Waals surface area contributed by atoms with Crippen LogP contribution in [0.4, 0.5) is 10.1 Å². The fourth-order valence-electron chi connectivity index (χ4n) is 3.34. The number of aromatic nitrogens is 1. The van der Waals surface area contributed by atoms with E-state index < -0.39 is 5.82 Å². The molecular formula is C20H23FN4O3. The molecule has 1 N–H and O–H groups in total. The average molecular weight is 386 g/mol. The third-order valence-corrected chi connectivity index (χ3v) is 4.82. The van der Waals surface area contributed by atoms with Crippen LogP contribution in [0.1, 0.15) is 27.6 Å². The number of anilines is 1. The minimum Gasteiger partial charge on any atom is -0.506 e. The van der Waals surface area contributed by atoms with Gasteiger partial charge in [0.05, 0.1) is 17.4 Å². The van der Waals surface area contributed by atoms with Crippen molar-refractivity contribution in [3.63, 3.8) is 0 Å². The molecular weight excluding hydrogens is 363 g/mol. The van der Waals surface area contributed by atoms with Crippen LogP contribution in [-0.2, 0) is 0 Å². The normalized spacial score (nSPS) is 16.8. The second-order valence-corrected chi connectivity index (χ2v) is 7.09. The highest BCUT2D eigenvalue weighted by Gasteiger charge is 2.31. The Kier molecular flexibility index (Phi) is 5.48. The van der Waals surface area contributed by atoms with Gasteiger partial charge in [-0.2, -0.15) is 0 Å². The van der Waals surface area contributed by atoms with Crippen LogP contribution in [0.5, 0.6) is 5.75 Å². The van der Waals surface area contributed by atoms with Crippen molar-refractivity contribution in [1.82, 2.24) is 14.8 Å². The van der Waals surface area contributed by atoms with Crippen LogP contribution < -0.4 is 4.90 Å². The first-order chi connectivity index (χ1) is 13.3. The number of hydrogen-bond donors (Lipinski definition) is 1. The number of amides is 2. The van der Waals surface area contributed by atoms with Gasteiger partial charge in [-0.15, -0.1) is 0 Å². The summed E-state index contributed by atoms with van der Waals surface area (Å²) in [7, 11) is 3.47. The van der Waals surface area contributed by atoms with E-state index in [1.807, 2.05) is 6.92 Å². The van der Waals surface area contributed by atoms with Crippen molar-refractivity contribution in [2.45, 2.75) is 13.0 Å². The van der Waals surface area contributed by atoms with Crippen molar-refractivity contribution in [2.75, 3.05) is 38.6 Å². The summed E-state index contributed by atoms with van der Waals surface area (Å²) >= 11 is 0. The molecule has 1 fully saturated rings. The minimum absolute atomic E-state index is 0.0736. The molecule has 1 aromatic carbocycles. The number of rotatable bonds is 3. The summed E-state index contributed by atoms with van der Waals surface area (Å²) in [5.74, 6) is -1.03. The molecule has 2 heterocycles. The Bertz CT molecular complexity index is 903. The molecule has 7 nitrogen and oxygen atoms in total. The number of carbonyl (C=O) groups excluding carboxylic acids is 2. The molecule has 0 saturated carbocycles. The van der Waals surface area contributed by atoms with Gasteiger partial charge in [0.25, 0.3) is 11.8 Å². The summed E-state index contributed by atoms with van der Waals surface area (Å²) in [6.45, 7) is 2.88. The first-order valence-corrected chi connectivity index (χ1v) is 8.99. The van der Waals surface area contributed by atoms with Crippen LogP contribution >= 0.6 is 0 Å². The quantitative estimate of drug-likeness (QED) is 0.873. The molecule has 3 rings (SSSR count). The third kappa shape index (κ3) is 3.90. The zero-order valence-electron chi connectivity index (χ0n) is 16.1. The summed E-state index contributed by atoms with van der Waals surface area (Å²) in [5, 5.41) is 9.52. The molecule has 28 heavy (non-hydrogen) atoms. The number of halogens is 1. The lowest BCUT2D eigenvalue weighted by molar-refractivity contribution is 0.0414. The monoisotopic (exact) mass is 386 g/mol. The molecule has 1 aromatic heterocycles. The smallest absolute Gasteiger partial charge is 0.255 e. The third-order valence-electron chi connectivity index (χ3n) is 4.82.